The molecule has 0 amide bonds. The number of aromatic nitrogens is 4. The van der Waals surface area contributed by atoms with E-state index in [4.69, 9.17) is 4.52 Å². The van der Waals surface area contributed by atoms with Gasteiger partial charge >= 0.3 is 0 Å². The van der Waals surface area contributed by atoms with Crippen LogP contribution in [0.15, 0.2) is 59.5 Å². The molecule has 144 valence electrons. The SMILES string of the molecule is Cc1cc(-c2cncc(-c3ccnc(Nc4cc([N+](=O)[O-])ccc4C)n3)c2)on1. The van der Waals surface area contributed by atoms with Crippen LogP contribution in [0.5, 0.6) is 0 Å². The molecule has 29 heavy (non-hydrogen) atoms. The van der Waals surface area contributed by atoms with E-state index in [2.05, 4.69) is 25.4 Å². The molecule has 0 atom stereocenters. The van der Waals surface area contributed by atoms with Crippen molar-refractivity contribution in [3.8, 4) is 22.6 Å². The van der Waals surface area contributed by atoms with Crippen LogP contribution in [0.1, 0.15) is 11.3 Å². The van der Waals surface area contributed by atoms with Crippen molar-refractivity contribution in [2.45, 2.75) is 13.8 Å². The van der Waals surface area contributed by atoms with Gasteiger partial charge in [-0.15, -0.1) is 0 Å². The van der Waals surface area contributed by atoms with Gasteiger partial charge in [0.1, 0.15) is 0 Å². The molecule has 3 heterocycles. The molecule has 0 aliphatic carbocycles. The number of non-ortho nitro benzene ring substituents is 1. The first-order valence-corrected chi connectivity index (χ1v) is 8.74. The summed E-state index contributed by atoms with van der Waals surface area (Å²) in [6.07, 6.45) is 5.00. The van der Waals surface area contributed by atoms with Crippen molar-refractivity contribution in [3.63, 3.8) is 0 Å². The number of pyridine rings is 1. The van der Waals surface area contributed by atoms with Crippen LogP contribution in [0.3, 0.4) is 0 Å². The van der Waals surface area contributed by atoms with Crippen molar-refractivity contribution in [3.05, 3.63) is 76.4 Å². The lowest BCUT2D eigenvalue weighted by atomic mass is 10.1. The van der Waals surface area contributed by atoms with E-state index in [0.717, 1.165) is 22.4 Å². The molecule has 3 aromatic heterocycles. The Morgan fingerprint density at radius 2 is 1.90 bits per heavy atom. The lowest BCUT2D eigenvalue weighted by Crippen LogP contribution is -2.00. The van der Waals surface area contributed by atoms with E-state index < -0.39 is 4.92 Å². The van der Waals surface area contributed by atoms with Gasteiger partial charge in [-0.3, -0.25) is 15.1 Å². The van der Waals surface area contributed by atoms with Crippen LogP contribution in [0, 0.1) is 24.0 Å². The number of anilines is 2. The maximum absolute atomic E-state index is 11.0. The molecule has 0 saturated carbocycles. The summed E-state index contributed by atoms with van der Waals surface area (Å²) in [4.78, 5) is 23.6. The average molecular weight is 388 g/mol. The van der Waals surface area contributed by atoms with Crippen LogP contribution in [-0.2, 0) is 0 Å². The maximum Gasteiger partial charge on any atom is 0.271 e. The lowest BCUT2D eigenvalue weighted by Gasteiger charge is -2.09. The minimum Gasteiger partial charge on any atom is -0.356 e. The summed E-state index contributed by atoms with van der Waals surface area (Å²) in [6, 6.07) is 10.1. The number of nitrogens with zero attached hydrogens (tertiary/aromatic N) is 5. The van der Waals surface area contributed by atoms with Crippen LogP contribution >= 0.6 is 0 Å². The number of rotatable bonds is 5. The van der Waals surface area contributed by atoms with E-state index in [9.17, 15) is 10.1 Å². The van der Waals surface area contributed by atoms with Crippen molar-refractivity contribution in [1.29, 1.82) is 0 Å². The number of nitro groups is 1. The summed E-state index contributed by atoms with van der Waals surface area (Å²) in [5.41, 5.74) is 4.40. The van der Waals surface area contributed by atoms with Gasteiger partial charge in [-0.05, 0) is 31.5 Å². The second-order valence-corrected chi connectivity index (χ2v) is 6.44. The third-order valence-corrected chi connectivity index (χ3v) is 4.28. The molecule has 0 spiro atoms. The Hall–Kier alpha value is -4.14. The van der Waals surface area contributed by atoms with E-state index >= 15 is 0 Å². The highest BCUT2D eigenvalue weighted by Crippen LogP contribution is 2.27. The fourth-order valence-corrected chi connectivity index (χ4v) is 2.77. The molecule has 1 N–H and O–H groups in total. The molecule has 9 nitrogen and oxygen atoms in total. The molecule has 0 saturated heterocycles. The van der Waals surface area contributed by atoms with Crippen LogP contribution in [0.2, 0.25) is 0 Å². The third kappa shape index (κ3) is 3.93. The van der Waals surface area contributed by atoms with Crippen molar-refractivity contribution in [2.24, 2.45) is 0 Å². The Morgan fingerprint density at radius 1 is 1.07 bits per heavy atom. The highest BCUT2D eigenvalue weighted by molar-refractivity contribution is 5.69. The van der Waals surface area contributed by atoms with Gasteiger partial charge in [0.2, 0.25) is 5.95 Å². The summed E-state index contributed by atoms with van der Waals surface area (Å²) in [5.74, 6) is 0.948. The van der Waals surface area contributed by atoms with Gasteiger partial charge in [0, 0.05) is 47.9 Å². The van der Waals surface area contributed by atoms with Gasteiger partial charge in [-0.2, -0.15) is 0 Å². The summed E-state index contributed by atoms with van der Waals surface area (Å²) >= 11 is 0. The Balaban J connectivity index is 1.65. The second-order valence-electron chi connectivity index (χ2n) is 6.44. The monoisotopic (exact) mass is 388 g/mol. The van der Waals surface area contributed by atoms with E-state index in [0.29, 0.717) is 23.1 Å². The van der Waals surface area contributed by atoms with Crippen molar-refractivity contribution < 1.29 is 9.45 Å². The molecule has 0 unspecified atom stereocenters. The average Bonchev–Trinajstić information content (AvgIpc) is 3.16. The molecular formula is C20H16N6O3. The molecule has 4 aromatic rings. The predicted molar refractivity (Wildman–Crippen MR) is 107 cm³/mol. The maximum atomic E-state index is 11.0. The minimum atomic E-state index is -0.440. The fourth-order valence-electron chi connectivity index (χ4n) is 2.77. The van der Waals surface area contributed by atoms with Crippen LogP contribution < -0.4 is 5.32 Å². The molecular weight excluding hydrogens is 372 g/mol. The van der Waals surface area contributed by atoms with Crippen LogP contribution in [0.4, 0.5) is 17.3 Å². The van der Waals surface area contributed by atoms with Crippen LogP contribution in [0.25, 0.3) is 22.6 Å². The number of hydrogen-bond donors (Lipinski definition) is 1. The molecule has 0 fully saturated rings. The lowest BCUT2D eigenvalue weighted by molar-refractivity contribution is -0.384. The zero-order valence-electron chi connectivity index (χ0n) is 15.7. The highest BCUT2D eigenvalue weighted by Gasteiger charge is 2.11. The van der Waals surface area contributed by atoms with Gasteiger partial charge in [0.15, 0.2) is 5.76 Å². The van der Waals surface area contributed by atoms with E-state index in [-0.39, 0.29) is 5.69 Å². The number of hydrogen-bond acceptors (Lipinski definition) is 8. The Bertz CT molecular complexity index is 1200. The number of nitrogens with one attached hydrogen (secondary N) is 1. The van der Waals surface area contributed by atoms with Crippen LogP contribution in [-0.4, -0.2) is 25.0 Å². The Labute approximate surface area is 165 Å². The number of nitro benzene ring substituents is 1. The minimum absolute atomic E-state index is 0.00601. The Kier molecular flexibility index (Phi) is 4.70. The van der Waals surface area contributed by atoms with Crippen molar-refractivity contribution in [1.82, 2.24) is 20.1 Å². The standard InChI is InChI=1S/C20H16N6O3/c1-12-3-4-16(26(27)28)9-18(12)24-20-22-6-5-17(23-20)14-8-15(11-21-10-14)19-7-13(2)25-29-19/h3-11H,1-2H3,(H,22,23,24). The second kappa shape index (κ2) is 7.47. The molecule has 0 aliphatic heterocycles. The summed E-state index contributed by atoms with van der Waals surface area (Å²) in [5, 5.41) is 18.0. The molecule has 4 rings (SSSR count). The molecule has 0 radical (unpaired) electrons. The fraction of sp³-hybridized carbons (Fsp3) is 0.100. The number of benzene rings is 1. The number of aryl methyl sites for hydroxylation is 2. The highest BCUT2D eigenvalue weighted by atomic mass is 16.6. The van der Waals surface area contributed by atoms with Gasteiger partial charge < -0.3 is 9.84 Å². The smallest absolute Gasteiger partial charge is 0.271 e. The summed E-state index contributed by atoms with van der Waals surface area (Å²) < 4.78 is 5.30. The largest absolute Gasteiger partial charge is 0.356 e. The molecule has 9 heteroatoms. The van der Waals surface area contributed by atoms with Gasteiger partial charge in [-0.25, -0.2) is 9.97 Å². The van der Waals surface area contributed by atoms with Crippen molar-refractivity contribution >= 4 is 17.3 Å². The zero-order chi connectivity index (χ0) is 20.4. The molecule has 1 aromatic carbocycles. The van der Waals surface area contributed by atoms with Gasteiger partial charge in [0.25, 0.3) is 5.69 Å². The third-order valence-electron chi connectivity index (χ3n) is 4.28. The first-order valence-electron chi connectivity index (χ1n) is 8.74. The van der Waals surface area contributed by atoms with Gasteiger partial charge in [-0.1, -0.05) is 11.2 Å². The quantitative estimate of drug-likeness (QED) is 0.393. The van der Waals surface area contributed by atoms with Gasteiger partial charge in [0.05, 0.1) is 22.0 Å². The molecule has 0 bridgehead atoms. The summed E-state index contributed by atoms with van der Waals surface area (Å²) in [7, 11) is 0. The topological polar surface area (TPSA) is 120 Å². The first kappa shape index (κ1) is 18.2. The Morgan fingerprint density at radius 3 is 2.66 bits per heavy atom. The summed E-state index contributed by atoms with van der Waals surface area (Å²) in [6.45, 7) is 3.70. The van der Waals surface area contributed by atoms with E-state index in [1.807, 2.05) is 26.0 Å². The van der Waals surface area contributed by atoms with Crippen molar-refractivity contribution in [2.75, 3.05) is 5.32 Å². The predicted octanol–water partition coefficient (Wildman–Crippen LogP) is 4.46. The normalized spacial score (nSPS) is 10.7. The van der Waals surface area contributed by atoms with E-state index in [1.165, 1.54) is 12.1 Å². The zero-order valence-corrected chi connectivity index (χ0v) is 15.7. The first-order chi connectivity index (χ1) is 14.0. The molecule has 0 aliphatic rings. The van der Waals surface area contributed by atoms with E-state index in [1.54, 1.807) is 30.7 Å².